The van der Waals surface area contributed by atoms with Crippen molar-refractivity contribution < 1.29 is 15.3 Å². The number of aliphatic hydroxyl groups excluding tert-OH is 3. The molecule has 0 fully saturated rings. The zero-order chi connectivity index (χ0) is 15.8. The number of nitrogens with zero attached hydrogens (tertiary/aromatic N) is 2. The summed E-state index contributed by atoms with van der Waals surface area (Å²) in [5.74, 6) is 0. The van der Waals surface area contributed by atoms with Crippen molar-refractivity contribution in [2.24, 2.45) is 0 Å². The third-order valence-electron chi connectivity index (χ3n) is 3.56. The van der Waals surface area contributed by atoms with Gasteiger partial charge in [0.15, 0.2) is 0 Å². The van der Waals surface area contributed by atoms with Crippen LogP contribution in [-0.2, 0) is 0 Å². The molecule has 128 valence electrons. The summed E-state index contributed by atoms with van der Waals surface area (Å²) in [6.07, 6.45) is 2.42. The summed E-state index contributed by atoms with van der Waals surface area (Å²) in [6.45, 7) is 10.4. The maximum atomic E-state index is 8.99. The maximum absolute atomic E-state index is 8.99. The van der Waals surface area contributed by atoms with Gasteiger partial charge in [0.2, 0.25) is 0 Å². The molecular weight excluding hydrogens is 270 g/mol. The minimum atomic E-state index is 0.233. The number of rotatable bonds is 16. The van der Waals surface area contributed by atoms with Gasteiger partial charge >= 0.3 is 0 Å². The predicted octanol–water partition coefficient (Wildman–Crippen LogP) is -0.653. The highest BCUT2D eigenvalue weighted by molar-refractivity contribution is 4.64. The maximum Gasteiger partial charge on any atom is 0.0443 e. The van der Waals surface area contributed by atoms with Gasteiger partial charge < -0.3 is 30.4 Å². The van der Waals surface area contributed by atoms with E-state index >= 15 is 0 Å². The second-order valence-electron chi connectivity index (χ2n) is 5.26. The van der Waals surface area contributed by atoms with Crippen LogP contribution in [0, 0.1) is 0 Å². The molecule has 0 saturated heterocycles. The molecule has 21 heavy (non-hydrogen) atoms. The van der Waals surface area contributed by atoms with Gasteiger partial charge in [-0.25, -0.2) is 0 Å². The third kappa shape index (κ3) is 13.2. The Hall–Kier alpha value is -0.240. The predicted molar refractivity (Wildman–Crippen MR) is 86.5 cm³/mol. The van der Waals surface area contributed by atoms with Gasteiger partial charge in [-0.15, -0.1) is 0 Å². The van der Waals surface area contributed by atoms with E-state index in [0.29, 0.717) is 0 Å². The fraction of sp³-hybridized carbons (Fsp3) is 1.00. The van der Waals surface area contributed by atoms with E-state index in [1.54, 1.807) is 0 Å². The van der Waals surface area contributed by atoms with E-state index in [1.165, 1.54) is 0 Å². The third-order valence-corrected chi connectivity index (χ3v) is 3.56. The van der Waals surface area contributed by atoms with Crippen LogP contribution in [0.15, 0.2) is 0 Å². The first-order valence-electron chi connectivity index (χ1n) is 8.26. The number of hydrogen-bond donors (Lipinski definition) is 4. The van der Waals surface area contributed by atoms with E-state index in [9.17, 15) is 0 Å². The SMILES string of the molecule is CCN(CCCO)CCN(CCCO)CCNCCCO. The molecule has 0 saturated carbocycles. The minimum Gasteiger partial charge on any atom is -0.396 e. The first-order valence-corrected chi connectivity index (χ1v) is 8.26. The highest BCUT2D eigenvalue weighted by Gasteiger charge is 2.07. The van der Waals surface area contributed by atoms with Gasteiger partial charge in [-0.1, -0.05) is 6.92 Å². The van der Waals surface area contributed by atoms with E-state index in [4.69, 9.17) is 15.3 Å². The zero-order valence-corrected chi connectivity index (χ0v) is 13.6. The van der Waals surface area contributed by atoms with Crippen molar-refractivity contribution in [1.82, 2.24) is 15.1 Å². The summed E-state index contributed by atoms with van der Waals surface area (Å²) < 4.78 is 0. The van der Waals surface area contributed by atoms with Gasteiger partial charge in [-0.05, 0) is 32.4 Å². The van der Waals surface area contributed by atoms with Crippen LogP contribution in [0.25, 0.3) is 0 Å². The number of likely N-dealkylation sites (N-methyl/N-ethyl adjacent to an activating group) is 1. The van der Waals surface area contributed by atoms with Crippen molar-refractivity contribution in [3.8, 4) is 0 Å². The summed E-state index contributed by atoms with van der Waals surface area (Å²) in [5, 5.41) is 29.9. The molecular formula is C15H35N3O3. The average Bonchev–Trinajstić information content (AvgIpc) is 2.51. The smallest absolute Gasteiger partial charge is 0.0443 e. The standard InChI is InChI=1S/C15H35N3O3/c1-2-17(8-4-14-20)11-12-18(9-5-15-21)10-7-16-6-3-13-19/h16,19-21H,2-15H2,1H3. The Balaban J connectivity index is 3.91. The number of nitrogens with one attached hydrogen (secondary N) is 1. The minimum absolute atomic E-state index is 0.233. The van der Waals surface area contributed by atoms with Crippen LogP contribution in [0.3, 0.4) is 0 Å². The van der Waals surface area contributed by atoms with E-state index in [2.05, 4.69) is 22.0 Å². The molecule has 6 heteroatoms. The summed E-state index contributed by atoms with van der Waals surface area (Å²) in [6, 6.07) is 0. The van der Waals surface area contributed by atoms with E-state index in [0.717, 1.165) is 71.6 Å². The molecule has 0 aliphatic rings. The second kappa shape index (κ2) is 16.1. The van der Waals surface area contributed by atoms with Crippen molar-refractivity contribution >= 4 is 0 Å². The van der Waals surface area contributed by atoms with E-state index in [1.807, 2.05) is 0 Å². The van der Waals surface area contributed by atoms with Crippen molar-refractivity contribution in [2.45, 2.75) is 26.2 Å². The summed E-state index contributed by atoms with van der Waals surface area (Å²) in [7, 11) is 0. The lowest BCUT2D eigenvalue weighted by molar-refractivity contribution is 0.180. The molecule has 0 bridgehead atoms. The fourth-order valence-electron chi connectivity index (χ4n) is 2.20. The molecule has 4 N–H and O–H groups in total. The Morgan fingerprint density at radius 1 is 0.667 bits per heavy atom. The van der Waals surface area contributed by atoms with Crippen molar-refractivity contribution in [2.75, 3.05) is 72.2 Å². The Bertz CT molecular complexity index is 209. The monoisotopic (exact) mass is 305 g/mol. The Morgan fingerprint density at radius 3 is 1.81 bits per heavy atom. The Labute approximate surface area is 129 Å². The first kappa shape index (κ1) is 20.8. The normalized spacial score (nSPS) is 11.7. The van der Waals surface area contributed by atoms with E-state index < -0.39 is 0 Å². The molecule has 0 atom stereocenters. The largest absolute Gasteiger partial charge is 0.396 e. The average molecular weight is 305 g/mol. The molecule has 0 radical (unpaired) electrons. The summed E-state index contributed by atoms with van der Waals surface area (Å²) in [4.78, 5) is 4.71. The zero-order valence-electron chi connectivity index (χ0n) is 13.6. The molecule has 0 heterocycles. The molecule has 0 amide bonds. The van der Waals surface area contributed by atoms with Gasteiger partial charge in [-0.3, -0.25) is 0 Å². The van der Waals surface area contributed by atoms with Gasteiger partial charge in [-0.2, -0.15) is 0 Å². The molecule has 6 nitrogen and oxygen atoms in total. The lowest BCUT2D eigenvalue weighted by Crippen LogP contribution is -2.39. The molecule has 0 spiro atoms. The fourth-order valence-corrected chi connectivity index (χ4v) is 2.20. The van der Waals surface area contributed by atoms with Gasteiger partial charge in [0, 0.05) is 59.1 Å². The second-order valence-corrected chi connectivity index (χ2v) is 5.26. The molecule has 0 aromatic heterocycles. The quantitative estimate of drug-likeness (QED) is 0.284. The summed E-state index contributed by atoms with van der Waals surface area (Å²) in [5.41, 5.74) is 0. The molecule has 0 rings (SSSR count). The van der Waals surface area contributed by atoms with Crippen LogP contribution < -0.4 is 5.32 Å². The van der Waals surface area contributed by atoms with Crippen LogP contribution >= 0.6 is 0 Å². The molecule has 0 aromatic rings. The molecule has 0 unspecified atom stereocenters. The van der Waals surface area contributed by atoms with Crippen LogP contribution in [0.1, 0.15) is 26.2 Å². The highest BCUT2D eigenvalue weighted by Crippen LogP contribution is 1.96. The topological polar surface area (TPSA) is 79.2 Å². The van der Waals surface area contributed by atoms with Crippen LogP contribution in [0.4, 0.5) is 0 Å². The van der Waals surface area contributed by atoms with Gasteiger partial charge in [0.25, 0.3) is 0 Å². The Morgan fingerprint density at radius 2 is 1.24 bits per heavy atom. The number of aliphatic hydroxyl groups is 3. The molecule has 0 aromatic carbocycles. The number of hydrogen-bond acceptors (Lipinski definition) is 6. The van der Waals surface area contributed by atoms with Crippen LogP contribution in [0.2, 0.25) is 0 Å². The van der Waals surface area contributed by atoms with Crippen molar-refractivity contribution in [3.63, 3.8) is 0 Å². The lowest BCUT2D eigenvalue weighted by atomic mass is 10.3. The van der Waals surface area contributed by atoms with Crippen LogP contribution in [0.5, 0.6) is 0 Å². The van der Waals surface area contributed by atoms with E-state index in [-0.39, 0.29) is 19.8 Å². The van der Waals surface area contributed by atoms with Crippen LogP contribution in [-0.4, -0.2) is 97.3 Å². The molecule has 0 aliphatic carbocycles. The summed E-state index contributed by atoms with van der Waals surface area (Å²) >= 11 is 0. The molecule has 0 aliphatic heterocycles. The van der Waals surface area contributed by atoms with Gasteiger partial charge in [0.1, 0.15) is 0 Å². The highest BCUT2D eigenvalue weighted by atomic mass is 16.3. The lowest BCUT2D eigenvalue weighted by Gasteiger charge is -2.27. The van der Waals surface area contributed by atoms with Crippen molar-refractivity contribution in [3.05, 3.63) is 0 Å². The first-order chi connectivity index (χ1) is 10.3. The Kier molecular flexibility index (Phi) is 16.0. The van der Waals surface area contributed by atoms with Crippen molar-refractivity contribution in [1.29, 1.82) is 0 Å². The van der Waals surface area contributed by atoms with Gasteiger partial charge in [0.05, 0.1) is 0 Å².